The van der Waals surface area contributed by atoms with E-state index in [0.717, 1.165) is 17.0 Å². The van der Waals surface area contributed by atoms with Gasteiger partial charge < -0.3 is 19.1 Å². The van der Waals surface area contributed by atoms with E-state index in [1.54, 1.807) is 18.2 Å². The molecule has 2 aliphatic heterocycles. The Hall–Kier alpha value is -4.35. The summed E-state index contributed by atoms with van der Waals surface area (Å²) in [7, 11) is 4.30. The maximum absolute atomic E-state index is 13.7. The first-order valence-electron chi connectivity index (χ1n) is 11.4. The predicted octanol–water partition coefficient (Wildman–Crippen LogP) is 4.68. The predicted molar refractivity (Wildman–Crippen MR) is 140 cm³/mol. The van der Waals surface area contributed by atoms with E-state index in [2.05, 4.69) is 0 Å². The maximum Gasteiger partial charge on any atom is 0.270 e. The number of anilines is 1. The van der Waals surface area contributed by atoms with Gasteiger partial charge in [0, 0.05) is 17.8 Å². The quantitative estimate of drug-likeness (QED) is 0.173. The molecule has 11 nitrogen and oxygen atoms in total. The fourth-order valence-electron chi connectivity index (χ4n) is 4.87. The molecule has 2 aliphatic rings. The lowest BCUT2D eigenvalue weighted by atomic mass is 9.86. The molecule has 0 N–H and O–H groups in total. The number of fused-ring (bicyclic) bond motifs is 1. The molecule has 3 amide bonds. The largest absolute Gasteiger partial charge is 0.493 e. The number of carbonyl (C=O) groups is 3. The number of methoxy groups -OCH3 is 3. The molecule has 1 saturated heterocycles. The first-order valence-corrected chi connectivity index (χ1v) is 12.1. The van der Waals surface area contributed by atoms with E-state index in [1.165, 1.54) is 44.4 Å². The summed E-state index contributed by atoms with van der Waals surface area (Å²) in [6, 6.07) is 9.01. The minimum absolute atomic E-state index is 0.0324. The van der Waals surface area contributed by atoms with Crippen molar-refractivity contribution in [2.45, 2.75) is 12.1 Å². The van der Waals surface area contributed by atoms with Crippen molar-refractivity contribution in [3.63, 3.8) is 0 Å². The maximum atomic E-state index is 13.7. The van der Waals surface area contributed by atoms with Crippen LogP contribution in [-0.4, -0.2) is 54.9 Å². The molecule has 0 unspecified atom stereocenters. The monoisotopic (exact) mass is 571 g/mol. The molecule has 2 atom stereocenters. The van der Waals surface area contributed by atoms with E-state index < -0.39 is 34.7 Å². The van der Waals surface area contributed by atoms with Gasteiger partial charge in [0.1, 0.15) is 6.04 Å². The molecule has 0 bridgehead atoms. The van der Waals surface area contributed by atoms with Crippen LogP contribution in [0.5, 0.6) is 17.2 Å². The SMILES string of the molecule is COc1cc([C@H]2[C@@H](N3C(=O)c4ccc([N+](=O)[O-])cc4C3=O)C(=O)N2c2ccc(Cl)c(Cl)c2)cc(OC)c1OC. The van der Waals surface area contributed by atoms with E-state index in [4.69, 9.17) is 37.4 Å². The van der Waals surface area contributed by atoms with Gasteiger partial charge in [-0.1, -0.05) is 23.2 Å². The first kappa shape index (κ1) is 26.3. The van der Waals surface area contributed by atoms with Gasteiger partial charge in [0.15, 0.2) is 11.5 Å². The van der Waals surface area contributed by atoms with Crippen LogP contribution >= 0.6 is 23.2 Å². The number of rotatable bonds is 7. The molecule has 5 rings (SSSR count). The van der Waals surface area contributed by atoms with Crippen LogP contribution in [0.1, 0.15) is 32.3 Å². The highest BCUT2D eigenvalue weighted by atomic mass is 35.5. The van der Waals surface area contributed by atoms with Crippen molar-refractivity contribution >= 4 is 52.3 Å². The zero-order valence-electron chi connectivity index (χ0n) is 20.6. The van der Waals surface area contributed by atoms with Crippen molar-refractivity contribution in [2.75, 3.05) is 26.2 Å². The lowest BCUT2D eigenvalue weighted by Gasteiger charge is -2.50. The Labute approximate surface area is 231 Å². The lowest BCUT2D eigenvalue weighted by Crippen LogP contribution is -2.67. The zero-order chi connectivity index (χ0) is 28.2. The third kappa shape index (κ3) is 4.01. The Morgan fingerprint density at radius 2 is 1.41 bits per heavy atom. The van der Waals surface area contributed by atoms with Crippen molar-refractivity contribution in [3.8, 4) is 17.2 Å². The van der Waals surface area contributed by atoms with E-state index >= 15 is 0 Å². The number of hydrogen-bond acceptors (Lipinski definition) is 8. The van der Waals surface area contributed by atoms with E-state index in [9.17, 15) is 24.5 Å². The van der Waals surface area contributed by atoms with Crippen LogP contribution in [0.15, 0.2) is 48.5 Å². The number of imide groups is 1. The average Bonchev–Trinajstić information content (AvgIpc) is 3.17. The minimum Gasteiger partial charge on any atom is -0.493 e. The summed E-state index contributed by atoms with van der Waals surface area (Å²) in [6.07, 6.45) is 0. The van der Waals surface area contributed by atoms with Gasteiger partial charge in [-0.3, -0.25) is 29.4 Å². The molecule has 0 aromatic heterocycles. The van der Waals surface area contributed by atoms with Crippen LogP contribution < -0.4 is 19.1 Å². The second kappa shape index (κ2) is 9.75. The molecular weight excluding hydrogens is 553 g/mol. The Morgan fingerprint density at radius 3 is 1.97 bits per heavy atom. The highest BCUT2D eigenvalue weighted by molar-refractivity contribution is 6.42. The van der Waals surface area contributed by atoms with Gasteiger partial charge in [-0.05, 0) is 42.0 Å². The lowest BCUT2D eigenvalue weighted by molar-refractivity contribution is -0.384. The number of halogens is 2. The summed E-state index contributed by atoms with van der Waals surface area (Å²) in [6.45, 7) is 0. The molecular formula is C26H19Cl2N3O8. The number of nitrogens with zero attached hydrogens (tertiary/aromatic N) is 3. The van der Waals surface area contributed by atoms with Crippen LogP contribution in [0.25, 0.3) is 0 Å². The molecule has 3 aromatic carbocycles. The smallest absolute Gasteiger partial charge is 0.270 e. The molecule has 1 fully saturated rings. The van der Waals surface area contributed by atoms with Gasteiger partial charge in [0.25, 0.3) is 23.4 Å². The minimum atomic E-state index is -1.28. The van der Waals surface area contributed by atoms with Gasteiger partial charge in [0.2, 0.25) is 5.75 Å². The third-order valence-electron chi connectivity index (χ3n) is 6.67. The summed E-state index contributed by atoms with van der Waals surface area (Å²) in [5, 5.41) is 11.7. The number of ether oxygens (including phenoxy) is 3. The Kier molecular flexibility index (Phi) is 6.57. The average molecular weight is 572 g/mol. The van der Waals surface area contributed by atoms with Crippen molar-refractivity contribution < 1.29 is 33.5 Å². The van der Waals surface area contributed by atoms with Gasteiger partial charge in [-0.2, -0.15) is 0 Å². The number of β-lactam (4-membered cyclic amide) rings is 1. The number of nitro groups is 1. The molecule has 39 heavy (non-hydrogen) atoms. The second-order valence-corrected chi connectivity index (χ2v) is 9.44. The molecule has 2 heterocycles. The Balaban J connectivity index is 1.65. The summed E-state index contributed by atoms with van der Waals surface area (Å²) < 4.78 is 16.3. The Bertz CT molecular complexity index is 1550. The standard InChI is InChI=1S/C26H19Cl2N3O8/c1-37-19-8-12(9-20(38-2)23(19)39-3)21-22(26(34)29(21)13-5-7-17(27)18(28)11-13)30-24(32)15-6-4-14(31(35)36)10-16(15)25(30)33/h4-11,21-22H,1-3H3/t21-,22+/m0/s1. The van der Waals surface area contributed by atoms with Crippen LogP contribution in [-0.2, 0) is 4.79 Å². The number of hydrogen-bond donors (Lipinski definition) is 0. The fourth-order valence-corrected chi connectivity index (χ4v) is 5.16. The molecule has 0 spiro atoms. The highest BCUT2D eigenvalue weighted by Gasteiger charge is 2.57. The van der Waals surface area contributed by atoms with Crippen molar-refractivity contribution in [1.82, 2.24) is 4.90 Å². The van der Waals surface area contributed by atoms with Crippen LogP contribution in [0.2, 0.25) is 10.0 Å². The third-order valence-corrected chi connectivity index (χ3v) is 7.41. The number of nitro benzene ring substituents is 1. The second-order valence-electron chi connectivity index (χ2n) is 8.62. The van der Waals surface area contributed by atoms with Gasteiger partial charge >= 0.3 is 0 Å². The molecule has 0 saturated carbocycles. The van der Waals surface area contributed by atoms with Crippen molar-refractivity contribution in [1.29, 1.82) is 0 Å². The van der Waals surface area contributed by atoms with Crippen LogP contribution in [0, 0.1) is 10.1 Å². The van der Waals surface area contributed by atoms with Gasteiger partial charge in [0.05, 0.1) is 53.5 Å². The number of amides is 3. The number of carbonyl (C=O) groups excluding carboxylic acids is 3. The van der Waals surface area contributed by atoms with Gasteiger partial charge in [-0.25, -0.2) is 0 Å². The highest BCUT2D eigenvalue weighted by Crippen LogP contribution is 2.49. The number of non-ortho nitro benzene ring substituents is 1. The molecule has 0 radical (unpaired) electrons. The molecule has 3 aromatic rings. The summed E-state index contributed by atoms with van der Waals surface area (Å²) in [5.41, 5.74) is 0.295. The van der Waals surface area contributed by atoms with Crippen molar-refractivity contribution in [3.05, 3.63) is 85.4 Å². The fraction of sp³-hybridized carbons (Fsp3) is 0.192. The summed E-state index contributed by atoms with van der Waals surface area (Å²) >= 11 is 12.3. The molecule has 13 heteroatoms. The zero-order valence-corrected chi connectivity index (χ0v) is 22.1. The summed E-state index contributed by atoms with van der Waals surface area (Å²) in [5.74, 6) is -1.25. The van der Waals surface area contributed by atoms with E-state index in [1.807, 2.05) is 0 Å². The first-order chi connectivity index (χ1) is 18.6. The Morgan fingerprint density at radius 1 is 0.769 bits per heavy atom. The van der Waals surface area contributed by atoms with Crippen molar-refractivity contribution in [2.24, 2.45) is 0 Å². The normalized spacial score (nSPS) is 18.1. The van der Waals surface area contributed by atoms with Crippen LogP contribution in [0.3, 0.4) is 0 Å². The summed E-state index contributed by atoms with van der Waals surface area (Å²) in [4.78, 5) is 53.3. The topological polar surface area (TPSA) is 129 Å². The molecule has 0 aliphatic carbocycles. The van der Waals surface area contributed by atoms with E-state index in [-0.39, 0.29) is 38.4 Å². The molecule has 200 valence electrons. The van der Waals surface area contributed by atoms with Gasteiger partial charge in [-0.15, -0.1) is 0 Å². The number of benzene rings is 3. The van der Waals surface area contributed by atoms with E-state index in [0.29, 0.717) is 17.0 Å². The van der Waals surface area contributed by atoms with Crippen LogP contribution in [0.4, 0.5) is 11.4 Å².